The van der Waals surface area contributed by atoms with E-state index >= 15 is 0 Å². The molecule has 1 aliphatic rings. The SMILES string of the molecule is Cc1cc(C(N)=O)cc(OCCC2CCNC2)n1. The van der Waals surface area contributed by atoms with Gasteiger partial charge in [-0.25, -0.2) is 4.98 Å². The molecule has 0 aromatic carbocycles. The lowest BCUT2D eigenvalue weighted by molar-refractivity contribution is 0.0999. The first-order chi connectivity index (χ1) is 8.65. The van der Waals surface area contributed by atoms with E-state index < -0.39 is 5.91 Å². The van der Waals surface area contributed by atoms with Gasteiger partial charge >= 0.3 is 0 Å². The largest absolute Gasteiger partial charge is 0.478 e. The third-order valence-corrected chi connectivity index (χ3v) is 3.15. The maximum Gasteiger partial charge on any atom is 0.248 e. The molecule has 1 aromatic rings. The van der Waals surface area contributed by atoms with Crippen molar-refractivity contribution in [2.24, 2.45) is 11.7 Å². The Morgan fingerprint density at radius 3 is 3.11 bits per heavy atom. The zero-order chi connectivity index (χ0) is 13.0. The van der Waals surface area contributed by atoms with Crippen LogP contribution in [0.1, 0.15) is 28.9 Å². The fourth-order valence-corrected chi connectivity index (χ4v) is 2.15. The molecule has 0 bridgehead atoms. The van der Waals surface area contributed by atoms with E-state index in [4.69, 9.17) is 10.5 Å². The van der Waals surface area contributed by atoms with Crippen LogP contribution in [-0.4, -0.2) is 30.6 Å². The molecule has 98 valence electrons. The maximum absolute atomic E-state index is 11.1. The molecule has 0 radical (unpaired) electrons. The molecule has 5 heteroatoms. The predicted octanol–water partition coefficient (Wildman–Crippen LogP) is 0.867. The third kappa shape index (κ3) is 3.43. The van der Waals surface area contributed by atoms with Crippen LogP contribution in [0.4, 0.5) is 0 Å². The number of hydrogen-bond acceptors (Lipinski definition) is 4. The number of carbonyl (C=O) groups is 1. The molecule has 5 nitrogen and oxygen atoms in total. The number of aryl methyl sites for hydroxylation is 1. The standard InChI is InChI=1S/C13H19N3O2/c1-9-6-11(13(14)17)7-12(16-9)18-5-3-10-2-4-15-8-10/h6-7,10,15H,2-5,8H2,1H3,(H2,14,17). The van der Waals surface area contributed by atoms with Gasteiger partial charge in [-0.15, -0.1) is 0 Å². The number of primary amides is 1. The van der Waals surface area contributed by atoms with Crippen LogP contribution in [0.15, 0.2) is 12.1 Å². The van der Waals surface area contributed by atoms with E-state index in [1.807, 2.05) is 6.92 Å². The third-order valence-electron chi connectivity index (χ3n) is 3.15. The van der Waals surface area contributed by atoms with Crippen LogP contribution >= 0.6 is 0 Å². The van der Waals surface area contributed by atoms with Crippen molar-refractivity contribution in [3.8, 4) is 5.88 Å². The quantitative estimate of drug-likeness (QED) is 0.811. The zero-order valence-electron chi connectivity index (χ0n) is 10.6. The zero-order valence-corrected chi connectivity index (χ0v) is 10.6. The van der Waals surface area contributed by atoms with Crippen molar-refractivity contribution >= 4 is 5.91 Å². The Labute approximate surface area is 107 Å². The second kappa shape index (κ2) is 5.82. The molecular weight excluding hydrogens is 230 g/mol. The smallest absolute Gasteiger partial charge is 0.248 e. The van der Waals surface area contributed by atoms with Gasteiger partial charge in [-0.1, -0.05) is 0 Å². The minimum atomic E-state index is -0.453. The molecule has 1 atom stereocenters. The highest BCUT2D eigenvalue weighted by Gasteiger charge is 2.14. The van der Waals surface area contributed by atoms with Crippen LogP contribution < -0.4 is 15.8 Å². The molecule has 2 heterocycles. The summed E-state index contributed by atoms with van der Waals surface area (Å²) in [6.07, 6.45) is 2.21. The normalized spacial score (nSPS) is 18.8. The summed E-state index contributed by atoms with van der Waals surface area (Å²) < 4.78 is 5.59. The Morgan fingerprint density at radius 1 is 1.61 bits per heavy atom. The van der Waals surface area contributed by atoms with Crippen molar-refractivity contribution < 1.29 is 9.53 Å². The molecule has 3 N–H and O–H groups in total. The maximum atomic E-state index is 11.1. The fraction of sp³-hybridized carbons (Fsp3) is 0.538. The Hall–Kier alpha value is -1.62. The van der Waals surface area contributed by atoms with Crippen molar-refractivity contribution in [2.45, 2.75) is 19.8 Å². The Morgan fingerprint density at radius 2 is 2.44 bits per heavy atom. The highest BCUT2D eigenvalue weighted by atomic mass is 16.5. The van der Waals surface area contributed by atoms with Crippen molar-refractivity contribution in [3.63, 3.8) is 0 Å². The van der Waals surface area contributed by atoms with Crippen LogP contribution in [0.5, 0.6) is 5.88 Å². The molecule has 1 fully saturated rings. The number of rotatable bonds is 5. The molecule has 0 aliphatic carbocycles. The van der Waals surface area contributed by atoms with Crippen LogP contribution in [0.25, 0.3) is 0 Å². The summed E-state index contributed by atoms with van der Waals surface area (Å²) >= 11 is 0. The monoisotopic (exact) mass is 249 g/mol. The molecule has 1 saturated heterocycles. The summed E-state index contributed by atoms with van der Waals surface area (Å²) in [5, 5.41) is 3.32. The number of nitrogens with zero attached hydrogens (tertiary/aromatic N) is 1. The lowest BCUT2D eigenvalue weighted by Gasteiger charge is -2.10. The van der Waals surface area contributed by atoms with E-state index in [-0.39, 0.29) is 0 Å². The van der Waals surface area contributed by atoms with E-state index in [0.29, 0.717) is 24.0 Å². The van der Waals surface area contributed by atoms with E-state index in [1.165, 1.54) is 6.42 Å². The van der Waals surface area contributed by atoms with Crippen molar-refractivity contribution in [2.75, 3.05) is 19.7 Å². The Bertz CT molecular complexity index is 428. The lowest BCUT2D eigenvalue weighted by atomic mass is 10.1. The average Bonchev–Trinajstić information content (AvgIpc) is 2.81. The van der Waals surface area contributed by atoms with Gasteiger partial charge in [0.2, 0.25) is 11.8 Å². The summed E-state index contributed by atoms with van der Waals surface area (Å²) in [5.41, 5.74) is 6.43. The molecular formula is C13H19N3O2. The van der Waals surface area contributed by atoms with Crippen molar-refractivity contribution in [1.29, 1.82) is 0 Å². The second-order valence-electron chi connectivity index (χ2n) is 4.70. The van der Waals surface area contributed by atoms with Crippen LogP contribution in [0.2, 0.25) is 0 Å². The molecule has 18 heavy (non-hydrogen) atoms. The molecule has 1 aromatic heterocycles. The number of amides is 1. The van der Waals surface area contributed by atoms with Crippen molar-refractivity contribution in [3.05, 3.63) is 23.4 Å². The molecule has 1 unspecified atom stereocenters. The molecule has 2 rings (SSSR count). The van der Waals surface area contributed by atoms with Gasteiger partial charge in [0.25, 0.3) is 0 Å². The highest BCUT2D eigenvalue weighted by molar-refractivity contribution is 5.93. The van der Waals surface area contributed by atoms with Crippen molar-refractivity contribution in [1.82, 2.24) is 10.3 Å². The van der Waals surface area contributed by atoms with E-state index in [0.717, 1.165) is 25.2 Å². The van der Waals surface area contributed by atoms with Gasteiger partial charge in [0, 0.05) is 17.3 Å². The van der Waals surface area contributed by atoms with E-state index in [1.54, 1.807) is 12.1 Å². The molecule has 1 aliphatic heterocycles. The summed E-state index contributed by atoms with van der Waals surface area (Å²) in [4.78, 5) is 15.4. The van der Waals surface area contributed by atoms with Gasteiger partial charge in [-0.3, -0.25) is 4.79 Å². The Balaban J connectivity index is 1.89. The topological polar surface area (TPSA) is 77.2 Å². The number of carbonyl (C=O) groups excluding carboxylic acids is 1. The molecule has 1 amide bonds. The van der Waals surface area contributed by atoms with Gasteiger partial charge in [0.1, 0.15) is 0 Å². The number of pyridine rings is 1. The van der Waals surface area contributed by atoms with Gasteiger partial charge in [-0.05, 0) is 44.8 Å². The first-order valence-corrected chi connectivity index (χ1v) is 6.27. The first-order valence-electron chi connectivity index (χ1n) is 6.27. The van der Waals surface area contributed by atoms with Gasteiger partial charge in [0.05, 0.1) is 6.61 Å². The number of aromatic nitrogens is 1. The predicted molar refractivity (Wildman–Crippen MR) is 68.6 cm³/mol. The number of ether oxygens (including phenoxy) is 1. The fourth-order valence-electron chi connectivity index (χ4n) is 2.15. The van der Waals surface area contributed by atoms with Gasteiger partial charge < -0.3 is 15.8 Å². The van der Waals surface area contributed by atoms with E-state index in [2.05, 4.69) is 10.3 Å². The van der Waals surface area contributed by atoms with Crippen LogP contribution in [0, 0.1) is 12.8 Å². The van der Waals surface area contributed by atoms with Crippen LogP contribution in [-0.2, 0) is 0 Å². The minimum absolute atomic E-state index is 0.444. The highest BCUT2D eigenvalue weighted by Crippen LogP contribution is 2.15. The Kier molecular flexibility index (Phi) is 4.15. The molecule has 0 spiro atoms. The first kappa shape index (κ1) is 12.8. The number of nitrogens with one attached hydrogen (secondary N) is 1. The average molecular weight is 249 g/mol. The summed E-state index contributed by atoms with van der Waals surface area (Å²) in [6.45, 7) is 4.61. The molecule has 0 saturated carbocycles. The summed E-state index contributed by atoms with van der Waals surface area (Å²) in [5.74, 6) is 0.713. The van der Waals surface area contributed by atoms with Gasteiger partial charge in [-0.2, -0.15) is 0 Å². The lowest BCUT2D eigenvalue weighted by Crippen LogP contribution is -2.14. The van der Waals surface area contributed by atoms with Crippen LogP contribution in [0.3, 0.4) is 0 Å². The number of nitrogens with two attached hydrogens (primary N) is 1. The minimum Gasteiger partial charge on any atom is -0.478 e. The number of hydrogen-bond donors (Lipinski definition) is 2. The second-order valence-corrected chi connectivity index (χ2v) is 4.70. The summed E-state index contributed by atoms with van der Waals surface area (Å²) in [7, 11) is 0. The van der Waals surface area contributed by atoms with Gasteiger partial charge in [0.15, 0.2) is 0 Å². The van der Waals surface area contributed by atoms with E-state index in [9.17, 15) is 4.79 Å². The summed E-state index contributed by atoms with van der Waals surface area (Å²) in [6, 6.07) is 3.26.